The third-order valence-electron chi connectivity index (χ3n) is 3.48. The minimum atomic E-state index is -0.339. The number of nitrogens with zero attached hydrogens (tertiary/aromatic N) is 2. The average Bonchev–Trinajstić information content (AvgIpc) is 3.47. The van der Waals surface area contributed by atoms with Crippen LogP contribution in [0.2, 0.25) is 0 Å². The van der Waals surface area contributed by atoms with Crippen molar-refractivity contribution in [2.45, 2.75) is 13.0 Å². The van der Waals surface area contributed by atoms with Crippen LogP contribution in [0.4, 0.5) is 0 Å². The van der Waals surface area contributed by atoms with E-state index in [2.05, 4.69) is 15.7 Å². The SMILES string of the molecule is CC=NC1=C=CC=C(N=Cc2ccc(C(=O)OCC3CO3)cc2)C=C1. The Bertz CT molecular complexity index is 819. The van der Waals surface area contributed by atoms with Crippen LogP contribution >= 0.6 is 0 Å². The molecule has 1 heterocycles. The zero-order valence-electron chi connectivity index (χ0n) is 13.9. The summed E-state index contributed by atoms with van der Waals surface area (Å²) in [6.45, 7) is 2.84. The molecule has 1 atom stereocenters. The Hall–Kier alpha value is -3.01. The summed E-state index contributed by atoms with van der Waals surface area (Å²) in [5, 5.41) is 0. The van der Waals surface area contributed by atoms with Crippen LogP contribution in [0.3, 0.4) is 0 Å². The molecule has 1 fully saturated rings. The van der Waals surface area contributed by atoms with Gasteiger partial charge in [0, 0.05) is 12.4 Å². The molecule has 5 heteroatoms. The van der Waals surface area contributed by atoms with Crippen molar-refractivity contribution in [1.29, 1.82) is 0 Å². The van der Waals surface area contributed by atoms with Gasteiger partial charge < -0.3 is 9.47 Å². The third-order valence-corrected chi connectivity index (χ3v) is 3.48. The smallest absolute Gasteiger partial charge is 0.338 e. The molecule has 0 saturated carbocycles. The normalized spacial score (nSPS) is 19.0. The van der Waals surface area contributed by atoms with E-state index in [0.717, 1.165) is 17.0 Å². The largest absolute Gasteiger partial charge is 0.459 e. The number of aliphatic imine (C=N–C) groups is 2. The first-order valence-electron chi connectivity index (χ1n) is 8.01. The summed E-state index contributed by atoms with van der Waals surface area (Å²) in [5.74, 6) is -0.339. The van der Waals surface area contributed by atoms with Crippen LogP contribution in [-0.4, -0.2) is 37.7 Å². The molecule has 0 N–H and O–H groups in total. The lowest BCUT2D eigenvalue weighted by Crippen LogP contribution is -2.09. The fourth-order valence-corrected chi connectivity index (χ4v) is 2.06. The molecular weight excluding hydrogens is 316 g/mol. The zero-order valence-corrected chi connectivity index (χ0v) is 13.9. The van der Waals surface area contributed by atoms with Gasteiger partial charge in [-0.25, -0.2) is 4.79 Å². The van der Waals surface area contributed by atoms with Crippen LogP contribution in [0.1, 0.15) is 22.8 Å². The van der Waals surface area contributed by atoms with E-state index in [1.165, 1.54) is 0 Å². The number of esters is 1. The maximum atomic E-state index is 11.9. The predicted molar refractivity (Wildman–Crippen MR) is 97.0 cm³/mol. The van der Waals surface area contributed by atoms with Gasteiger partial charge in [0.1, 0.15) is 18.4 Å². The number of benzene rings is 1. The maximum absolute atomic E-state index is 11.9. The van der Waals surface area contributed by atoms with Crippen LogP contribution in [-0.2, 0) is 9.47 Å². The topological polar surface area (TPSA) is 63.5 Å². The molecule has 1 saturated heterocycles. The molecule has 3 rings (SSSR count). The van der Waals surface area contributed by atoms with E-state index in [0.29, 0.717) is 18.8 Å². The van der Waals surface area contributed by atoms with Crippen molar-refractivity contribution in [1.82, 2.24) is 0 Å². The van der Waals surface area contributed by atoms with E-state index < -0.39 is 0 Å². The first kappa shape index (κ1) is 16.8. The molecule has 1 aliphatic heterocycles. The van der Waals surface area contributed by atoms with Gasteiger partial charge in [0.2, 0.25) is 0 Å². The molecule has 126 valence electrons. The second kappa shape index (κ2) is 8.20. The van der Waals surface area contributed by atoms with Crippen LogP contribution < -0.4 is 0 Å². The fourth-order valence-electron chi connectivity index (χ4n) is 2.06. The lowest BCUT2D eigenvalue weighted by atomic mass is 10.1. The van der Waals surface area contributed by atoms with Gasteiger partial charge in [0.05, 0.1) is 17.9 Å². The summed E-state index contributed by atoms with van der Waals surface area (Å²) in [6, 6.07) is 7.11. The fraction of sp³-hybridized carbons (Fsp3) is 0.200. The lowest BCUT2D eigenvalue weighted by molar-refractivity contribution is 0.0476. The molecule has 1 aromatic rings. The Kier molecular flexibility index (Phi) is 5.52. The van der Waals surface area contributed by atoms with Crippen molar-refractivity contribution in [3.05, 3.63) is 76.8 Å². The van der Waals surface area contributed by atoms with Gasteiger partial charge in [-0.3, -0.25) is 9.98 Å². The van der Waals surface area contributed by atoms with E-state index in [1.54, 1.807) is 30.6 Å². The Morgan fingerprint density at radius 1 is 1.32 bits per heavy atom. The summed E-state index contributed by atoms with van der Waals surface area (Å²) >= 11 is 0. The standard InChI is InChI=1S/C20H18N2O3/c1-2-21-17-4-3-5-18(11-10-17)22-12-15-6-8-16(9-7-15)20(23)25-14-19-13-24-19/h2-3,5-12,19H,13-14H2,1H3. The molecule has 2 aliphatic rings. The highest BCUT2D eigenvalue weighted by Gasteiger charge is 2.24. The number of carbonyl (C=O) groups is 1. The summed E-state index contributed by atoms with van der Waals surface area (Å²) < 4.78 is 10.2. The Morgan fingerprint density at radius 3 is 2.84 bits per heavy atom. The van der Waals surface area contributed by atoms with Gasteiger partial charge in [-0.05, 0) is 48.9 Å². The highest BCUT2D eigenvalue weighted by Crippen LogP contribution is 2.12. The first-order valence-corrected chi connectivity index (χ1v) is 8.01. The van der Waals surface area contributed by atoms with Gasteiger partial charge in [0.25, 0.3) is 0 Å². The van der Waals surface area contributed by atoms with Crippen molar-refractivity contribution in [3.8, 4) is 0 Å². The monoisotopic (exact) mass is 334 g/mol. The van der Waals surface area contributed by atoms with Crippen LogP contribution in [0.15, 0.2) is 75.7 Å². The number of carbonyl (C=O) groups excluding carboxylic acids is 1. The quantitative estimate of drug-likeness (QED) is 0.347. The van der Waals surface area contributed by atoms with E-state index in [-0.39, 0.29) is 12.1 Å². The molecule has 1 aromatic carbocycles. The number of hydrogen-bond acceptors (Lipinski definition) is 5. The number of hydrogen-bond donors (Lipinski definition) is 0. The number of ether oxygens (including phenoxy) is 2. The summed E-state index contributed by atoms with van der Waals surface area (Å²) in [5.41, 5.74) is 6.01. The lowest BCUT2D eigenvalue weighted by Gasteiger charge is -2.02. The van der Waals surface area contributed by atoms with E-state index in [9.17, 15) is 4.79 Å². The summed E-state index contributed by atoms with van der Waals surface area (Å²) in [4.78, 5) is 20.5. The minimum Gasteiger partial charge on any atom is -0.459 e. The van der Waals surface area contributed by atoms with Crippen LogP contribution in [0.5, 0.6) is 0 Å². The Balaban J connectivity index is 1.58. The van der Waals surface area contributed by atoms with Gasteiger partial charge in [0.15, 0.2) is 0 Å². The number of allylic oxidation sites excluding steroid dienone is 3. The third kappa shape index (κ3) is 5.24. The molecule has 0 radical (unpaired) electrons. The summed E-state index contributed by atoms with van der Waals surface area (Å²) in [6.07, 6.45) is 10.9. The van der Waals surface area contributed by atoms with Crippen LogP contribution in [0.25, 0.3) is 0 Å². The molecule has 0 aromatic heterocycles. The molecule has 5 nitrogen and oxygen atoms in total. The maximum Gasteiger partial charge on any atom is 0.338 e. The zero-order chi connectivity index (χ0) is 17.5. The molecule has 1 unspecified atom stereocenters. The average molecular weight is 334 g/mol. The molecular formula is C20H18N2O3. The summed E-state index contributed by atoms with van der Waals surface area (Å²) in [7, 11) is 0. The van der Waals surface area contributed by atoms with E-state index in [1.807, 2.05) is 37.3 Å². The second-order valence-electron chi connectivity index (χ2n) is 5.44. The molecule has 0 bridgehead atoms. The molecule has 1 aliphatic carbocycles. The van der Waals surface area contributed by atoms with Gasteiger partial charge in [-0.2, -0.15) is 0 Å². The van der Waals surface area contributed by atoms with E-state index in [4.69, 9.17) is 9.47 Å². The van der Waals surface area contributed by atoms with Crippen molar-refractivity contribution in [3.63, 3.8) is 0 Å². The van der Waals surface area contributed by atoms with E-state index >= 15 is 0 Å². The van der Waals surface area contributed by atoms with Crippen molar-refractivity contribution in [2.24, 2.45) is 9.98 Å². The Labute approximate surface area is 146 Å². The van der Waals surface area contributed by atoms with Crippen molar-refractivity contribution < 1.29 is 14.3 Å². The molecule has 0 amide bonds. The predicted octanol–water partition coefficient (Wildman–Crippen LogP) is 3.24. The first-order chi connectivity index (χ1) is 12.2. The highest BCUT2D eigenvalue weighted by atomic mass is 16.6. The number of epoxide rings is 1. The highest BCUT2D eigenvalue weighted by molar-refractivity contribution is 5.91. The van der Waals surface area contributed by atoms with Crippen molar-refractivity contribution in [2.75, 3.05) is 13.2 Å². The molecule has 0 spiro atoms. The number of rotatable bonds is 6. The molecule has 25 heavy (non-hydrogen) atoms. The van der Waals surface area contributed by atoms with Crippen molar-refractivity contribution >= 4 is 18.4 Å². The van der Waals surface area contributed by atoms with Gasteiger partial charge in [-0.1, -0.05) is 17.9 Å². The Morgan fingerprint density at radius 2 is 2.12 bits per heavy atom. The van der Waals surface area contributed by atoms with Crippen LogP contribution in [0, 0.1) is 0 Å². The minimum absolute atomic E-state index is 0.0725. The van der Waals surface area contributed by atoms with Gasteiger partial charge in [-0.15, -0.1) is 0 Å². The second-order valence-corrected chi connectivity index (χ2v) is 5.44. The van der Waals surface area contributed by atoms with Gasteiger partial charge >= 0.3 is 5.97 Å².